The highest BCUT2D eigenvalue weighted by Gasteiger charge is 2.43. The summed E-state index contributed by atoms with van der Waals surface area (Å²) in [6.07, 6.45) is -1.60. The van der Waals surface area contributed by atoms with Gasteiger partial charge in [0.25, 0.3) is 0 Å². The minimum Gasteiger partial charge on any atom is -0.465 e. The lowest BCUT2D eigenvalue weighted by atomic mass is 10.0. The molecule has 1 aliphatic rings. The van der Waals surface area contributed by atoms with Crippen molar-refractivity contribution in [2.75, 3.05) is 30.8 Å². The topological polar surface area (TPSA) is 167 Å². The number of carboxylic acid groups (broad SMARTS) is 2. The first-order valence-electron chi connectivity index (χ1n) is 15.0. The fourth-order valence-electron chi connectivity index (χ4n) is 5.44. The number of benzene rings is 1. The van der Waals surface area contributed by atoms with Crippen LogP contribution < -0.4 is 16.0 Å². The number of hydrogen-bond donors (Lipinski definition) is 5. The fraction of sp³-hybridized carbons (Fsp3) is 0.581. The highest BCUT2D eigenvalue weighted by Crippen LogP contribution is 2.30. The molecule has 3 rings (SSSR count). The monoisotopic (exact) mass is 645 g/mol. The molecule has 14 heteroatoms. The third-order valence-corrected chi connectivity index (χ3v) is 8.56. The summed E-state index contributed by atoms with van der Waals surface area (Å²) in [6.45, 7) is 13.9. The Morgan fingerprint density at radius 3 is 2.07 bits per heavy atom. The number of aryl methyl sites for hydroxylation is 2. The number of nitrogens with zero attached hydrogens (tertiary/aromatic N) is 4. The molecule has 5 N–H and O–H groups in total. The van der Waals surface area contributed by atoms with Crippen LogP contribution in [0.2, 0.25) is 0 Å². The molecule has 0 unspecified atom stereocenters. The lowest BCUT2D eigenvalue weighted by Gasteiger charge is -2.48. The lowest BCUT2D eigenvalue weighted by molar-refractivity contribution is -0.124. The zero-order valence-corrected chi connectivity index (χ0v) is 28.2. The Morgan fingerprint density at radius 1 is 1.00 bits per heavy atom. The van der Waals surface area contributed by atoms with Gasteiger partial charge in [0.15, 0.2) is 11.4 Å². The van der Waals surface area contributed by atoms with Gasteiger partial charge in [-0.2, -0.15) is 0 Å². The van der Waals surface area contributed by atoms with Crippen LogP contribution in [0.4, 0.5) is 20.4 Å². The Bertz CT molecular complexity index is 1330. The molecule has 1 aromatic heterocycles. The number of nitrogens with one attached hydrogen (secondary N) is 3. The molecule has 45 heavy (non-hydrogen) atoms. The molecule has 13 nitrogen and oxygen atoms in total. The second-order valence-corrected chi connectivity index (χ2v) is 14.4. The summed E-state index contributed by atoms with van der Waals surface area (Å²) in [6, 6.07) is 7.45. The van der Waals surface area contributed by atoms with Crippen molar-refractivity contribution < 1.29 is 29.4 Å². The van der Waals surface area contributed by atoms with Gasteiger partial charge in [0.05, 0.1) is 11.6 Å². The molecule has 1 fully saturated rings. The lowest BCUT2D eigenvalue weighted by Crippen LogP contribution is -2.66. The largest absolute Gasteiger partial charge is 0.465 e. The van der Waals surface area contributed by atoms with Gasteiger partial charge in [0.1, 0.15) is 0 Å². The molecule has 2 heterocycles. The summed E-state index contributed by atoms with van der Waals surface area (Å²) < 4.78 is 0. The van der Waals surface area contributed by atoms with E-state index in [1.807, 2.05) is 24.3 Å². The fourth-order valence-corrected chi connectivity index (χ4v) is 6.54. The number of carbonyl (C=O) groups excluding carboxylic acids is 2. The second-order valence-electron chi connectivity index (χ2n) is 13.3. The maximum Gasteiger partial charge on any atom is 0.410 e. The molecule has 2 aromatic rings. The number of hydrogen-bond acceptors (Lipinski definition) is 8. The van der Waals surface area contributed by atoms with Gasteiger partial charge < -0.3 is 26.2 Å². The van der Waals surface area contributed by atoms with Crippen LogP contribution in [0.3, 0.4) is 0 Å². The summed E-state index contributed by atoms with van der Waals surface area (Å²) in [4.78, 5) is 58.8. The Balaban J connectivity index is 1.79. The third kappa shape index (κ3) is 9.54. The number of anilines is 2. The first-order chi connectivity index (χ1) is 20.9. The van der Waals surface area contributed by atoms with E-state index in [1.54, 1.807) is 48.6 Å². The van der Waals surface area contributed by atoms with Crippen LogP contribution in [-0.4, -0.2) is 91.4 Å². The van der Waals surface area contributed by atoms with Crippen molar-refractivity contribution in [3.05, 3.63) is 40.4 Å². The van der Waals surface area contributed by atoms with Crippen LogP contribution in [0, 0.1) is 5.92 Å². The molecule has 1 atom stereocenters. The first kappa shape index (κ1) is 35.6. The zero-order valence-electron chi connectivity index (χ0n) is 27.4. The minimum atomic E-state index is -1.25. The molecule has 0 spiro atoms. The standard InChI is InChI=1S/C31H47N7O6S/c1-19(39)33-26-35-23(24(45-26)18-36-16-15-21(17-36)25(40)32-8)14-11-20-9-12-22(13-10-20)34-27(37(28(41)42)30(2,3)4)38(29(43)44)31(5,6)7/h9-10,12-13,21,27,34H,11,14-18H2,1-8H3,(H,32,40)(H,41,42)(H,43,44)(H,33,35,39)/t21-/m1/s1. The van der Waals surface area contributed by atoms with Gasteiger partial charge in [0, 0.05) is 48.7 Å². The van der Waals surface area contributed by atoms with Crippen molar-refractivity contribution >= 4 is 46.2 Å². The van der Waals surface area contributed by atoms with Gasteiger partial charge in [-0.3, -0.25) is 24.3 Å². The summed E-state index contributed by atoms with van der Waals surface area (Å²) in [5.41, 5.74) is 0.662. The Kier molecular flexibility index (Phi) is 11.4. The average molecular weight is 646 g/mol. The van der Waals surface area contributed by atoms with Crippen molar-refractivity contribution in [2.45, 2.75) is 91.6 Å². The molecule has 0 saturated carbocycles. The Morgan fingerprint density at radius 2 is 1.58 bits per heavy atom. The van der Waals surface area contributed by atoms with Crippen molar-refractivity contribution in [1.82, 2.24) is 25.0 Å². The quantitative estimate of drug-likeness (QED) is 0.218. The van der Waals surface area contributed by atoms with Gasteiger partial charge in [-0.15, -0.1) is 11.3 Å². The van der Waals surface area contributed by atoms with E-state index in [-0.39, 0.29) is 17.7 Å². The van der Waals surface area contributed by atoms with Crippen LogP contribution in [0.1, 0.15) is 71.0 Å². The molecule has 1 aromatic carbocycles. The van der Waals surface area contributed by atoms with E-state index in [0.717, 1.165) is 38.9 Å². The highest BCUT2D eigenvalue weighted by molar-refractivity contribution is 7.15. The van der Waals surface area contributed by atoms with Gasteiger partial charge in [-0.25, -0.2) is 14.6 Å². The summed E-state index contributed by atoms with van der Waals surface area (Å²) in [7, 11) is 1.65. The van der Waals surface area contributed by atoms with Crippen molar-refractivity contribution in [3.8, 4) is 0 Å². The molecule has 0 radical (unpaired) electrons. The van der Waals surface area contributed by atoms with E-state index in [2.05, 4.69) is 20.9 Å². The van der Waals surface area contributed by atoms with Crippen molar-refractivity contribution in [3.63, 3.8) is 0 Å². The average Bonchev–Trinajstić information content (AvgIpc) is 3.52. The predicted molar refractivity (Wildman–Crippen MR) is 174 cm³/mol. The van der Waals surface area contributed by atoms with Crippen molar-refractivity contribution in [2.24, 2.45) is 5.92 Å². The summed E-state index contributed by atoms with van der Waals surface area (Å²) in [5, 5.41) is 29.4. The molecule has 0 aliphatic carbocycles. The Hall–Kier alpha value is -3.91. The third-order valence-electron chi connectivity index (χ3n) is 7.56. The second kappa shape index (κ2) is 14.5. The minimum absolute atomic E-state index is 0.0372. The summed E-state index contributed by atoms with van der Waals surface area (Å²) >= 11 is 1.45. The SMILES string of the molecule is CNC(=O)[C@@H]1CCN(Cc2sc(NC(C)=O)nc2CCc2ccc(NC(N(C(=O)O)C(C)(C)C)N(C(=O)O)C(C)(C)C)cc2)C1. The zero-order chi connectivity index (χ0) is 33.7. The maximum atomic E-state index is 12.4. The molecular weight excluding hydrogens is 598 g/mol. The van der Waals surface area contributed by atoms with Gasteiger partial charge >= 0.3 is 12.2 Å². The number of carbonyl (C=O) groups is 4. The van der Waals surface area contributed by atoms with Gasteiger partial charge in [-0.05, 0) is 85.0 Å². The number of thiazole rings is 1. The van der Waals surface area contributed by atoms with E-state index in [4.69, 9.17) is 4.98 Å². The van der Waals surface area contributed by atoms with E-state index in [0.29, 0.717) is 36.8 Å². The van der Waals surface area contributed by atoms with Gasteiger partial charge in [-0.1, -0.05) is 12.1 Å². The van der Waals surface area contributed by atoms with Crippen LogP contribution in [-0.2, 0) is 29.0 Å². The normalized spacial score (nSPS) is 15.5. The molecule has 1 aliphatic heterocycles. The number of rotatable bonds is 11. The maximum absolute atomic E-state index is 12.4. The van der Waals surface area contributed by atoms with Crippen LogP contribution >= 0.6 is 11.3 Å². The molecular formula is C31H47N7O6S. The van der Waals surface area contributed by atoms with Crippen LogP contribution in [0.25, 0.3) is 0 Å². The van der Waals surface area contributed by atoms with Gasteiger partial charge in [0.2, 0.25) is 11.8 Å². The number of amides is 4. The van der Waals surface area contributed by atoms with E-state index in [9.17, 15) is 29.4 Å². The number of aromatic nitrogens is 1. The van der Waals surface area contributed by atoms with E-state index < -0.39 is 29.6 Å². The number of likely N-dealkylation sites (tertiary alicyclic amines) is 1. The predicted octanol–water partition coefficient (Wildman–Crippen LogP) is 4.71. The van der Waals surface area contributed by atoms with Crippen LogP contribution in [0.15, 0.2) is 24.3 Å². The van der Waals surface area contributed by atoms with Crippen molar-refractivity contribution in [1.29, 1.82) is 0 Å². The highest BCUT2D eigenvalue weighted by atomic mass is 32.1. The molecule has 4 amide bonds. The van der Waals surface area contributed by atoms with E-state index in [1.165, 1.54) is 18.3 Å². The van der Waals surface area contributed by atoms with E-state index >= 15 is 0 Å². The Labute approximate surface area is 269 Å². The smallest absolute Gasteiger partial charge is 0.410 e. The van der Waals surface area contributed by atoms with Crippen LogP contribution in [0.5, 0.6) is 0 Å². The molecule has 0 bridgehead atoms. The first-order valence-corrected chi connectivity index (χ1v) is 15.8. The molecule has 1 saturated heterocycles. The summed E-state index contributed by atoms with van der Waals surface area (Å²) in [5.74, 6) is -0.178. The molecule has 248 valence electrons.